The van der Waals surface area contributed by atoms with Crippen LogP contribution in [0.4, 0.5) is 0 Å². The summed E-state index contributed by atoms with van der Waals surface area (Å²) in [4.78, 5) is 12.6. The lowest BCUT2D eigenvalue weighted by atomic mass is 10.1. The second-order valence-corrected chi connectivity index (χ2v) is 17.7. The van der Waals surface area contributed by atoms with Crippen LogP contribution in [0.1, 0.15) is 265 Å². The Morgan fingerprint density at radius 1 is 0.377 bits per heavy atom. The van der Waals surface area contributed by atoms with Gasteiger partial charge >= 0.3 is 5.97 Å². The minimum Gasteiger partial charge on any atom is -0.463 e. The maximum Gasteiger partial charge on any atom is 0.305 e. The van der Waals surface area contributed by atoms with Crippen molar-refractivity contribution in [3.05, 3.63) is 60.8 Å². The molecule has 0 aromatic heterocycles. The van der Waals surface area contributed by atoms with Crippen molar-refractivity contribution in [2.24, 2.45) is 0 Å². The van der Waals surface area contributed by atoms with Gasteiger partial charge in [-0.25, -0.2) is 0 Å². The third-order valence-corrected chi connectivity index (χ3v) is 11.6. The van der Waals surface area contributed by atoms with E-state index in [1.54, 1.807) is 0 Å². The lowest BCUT2D eigenvalue weighted by molar-refractivity contribution is -0.150. The van der Waals surface area contributed by atoms with Crippen LogP contribution in [0, 0.1) is 0 Å². The Morgan fingerprint density at radius 3 is 1.20 bits per heavy atom. The highest BCUT2D eigenvalue weighted by molar-refractivity contribution is 5.69. The fourth-order valence-corrected chi connectivity index (χ4v) is 7.56. The molecule has 0 amide bonds. The van der Waals surface area contributed by atoms with Gasteiger partial charge in [-0.2, -0.15) is 0 Å². The molecule has 0 bridgehead atoms. The summed E-state index contributed by atoms with van der Waals surface area (Å²) in [5.74, 6) is -0.0969. The van der Waals surface area contributed by atoms with Crippen molar-refractivity contribution in [2.75, 3.05) is 26.4 Å². The van der Waals surface area contributed by atoms with E-state index < -0.39 is 0 Å². The zero-order valence-electron chi connectivity index (χ0n) is 41.2. The van der Waals surface area contributed by atoms with Gasteiger partial charge in [0.1, 0.15) is 12.7 Å². The number of esters is 1. The Hall–Kier alpha value is -1.91. The van der Waals surface area contributed by atoms with Crippen molar-refractivity contribution in [2.45, 2.75) is 271 Å². The first-order valence-electron chi connectivity index (χ1n) is 26.8. The second kappa shape index (κ2) is 54.2. The molecule has 0 aliphatic rings. The predicted octanol–water partition coefficient (Wildman–Crippen LogP) is 18.6. The summed E-state index contributed by atoms with van der Waals surface area (Å²) in [6.07, 6.45) is 69.9. The Bertz CT molecular complexity index is 993. The highest BCUT2D eigenvalue weighted by Crippen LogP contribution is 2.14. The summed E-state index contributed by atoms with van der Waals surface area (Å²) in [6.45, 7) is 9.01. The minimum atomic E-state index is -0.178. The normalized spacial score (nSPS) is 12.8. The van der Waals surface area contributed by atoms with Gasteiger partial charge < -0.3 is 14.2 Å². The number of hydrogen-bond donors (Lipinski definition) is 0. The monoisotopic (exact) mass is 853 g/mol. The van der Waals surface area contributed by atoms with Gasteiger partial charge in [0.15, 0.2) is 0 Å². The molecule has 0 saturated carbocycles. The van der Waals surface area contributed by atoms with Crippen LogP contribution in [0.3, 0.4) is 0 Å². The molecule has 0 fully saturated rings. The number of rotatable bonds is 50. The summed E-state index contributed by atoms with van der Waals surface area (Å²) >= 11 is 0. The molecular formula is C57H104O4. The lowest BCUT2D eigenvalue weighted by Gasteiger charge is -2.18. The van der Waals surface area contributed by atoms with Gasteiger partial charge in [-0.15, -0.1) is 0 Å². The molecule has 0 N–H and O–H groups in total. The van der Waals surface area contributed by atoms with Crippen LogP contribution in [-0.4, -0.2) is 38.5 Å². The molecule has 1 unspecified atom stereocenters. The Labute approximate surface area is 381 Å². The molecule has 4 heteroatoms. The standard InChI is InChI=1S/C57H104O4/c1-4-7-10-13-16-19-22-25-28-31-34-37-40-43-46-49-52-59-54-56(60-53-50-47-44-41-38-35-32-29-26-23-20-17-14-11-8-5-2)55-61-57(58)51-48-45-42-39-36-33-30-27-24-21-18-15-12-9-6-3/h9,12,18,21,25-30,56H,4-8,10-11,13-17,19-20,22-24,31-55H2,1-3H3. The van der Waals surface area contributed by atoms with Crippen molar-refractivity contribution in [3.8, 4) is 0 Å². The first-order valence-corrected chi connectivity index (χ1v) is 26.8. The van der Waals surface area contributed by atoms with Crippen molar-refractivity contribution in [1.29, 1.82) is 0 Å². The molecule has 4 nitrogen and oxygen atoms in total. The Kier molecular flexibility index (Phi) is 52.5. The van der Waals surface area contributed by atoms with Gasteiger partial charge in [0, 0.05) is 19.6 Å². The van der Waals surface area contributed by atoms with Gasteiger partial charge in [0.2, 0.25) is 0 Å². The van der Waals surface area contributed by atoms with Gasteiger partial charge in [0.25, 0.3) is 0 Å². The number of carbonyl (C=O) groups excluding carboxylic acids is 1. The van der Waals surface area contributed by atoms with Crippen LogP contribution < -0.4 is 0 Å². The molecule has 0 rings (SSSR count). The predicted molar refractivity (Wildman–Crippen MR) is 270 cm³/mol. The van der Waals surface area contributed by atoms with Crippen molar-refractivity contribution >= 4 is 5.97 Å². The molecule has 0 spiro atoms. The summed E-state index contributed by atoms with van der Waals surface area (Å²) < 4.78 is 18.0. The van der Waals surface area contributed by atoms with Crippen LogP contribution in [0.15, 0.2) is 60.8 Å². The van der Waals surface area contributed by atoms with Crippen LogP contribution in [0.25, 0.3) is 0 Å². The smallest absolute Gasteiger partial charge is 0.305 e. The number of hydrogen-bond acceptors (Lipinski definition) is 4. The summed E-state index contributed by atoms with van der Waals surface area (Å²) in [5.41, 5.74) is 0. The topological polar surface area (TPSA) is 44.8 Å². The first kappa shape index (κ1) is 59.1. The highest BCUT2D eigenvalue weighted by atomic mass is 16.6. The quantitative estimate of drug-likeness (QED) is 0.0347. The lowest BCUT2D eigenvalue weighted by Crippen LogP contribution is -2.28. The molecule has 356 valence electrons. The van der Waals surface area contributed by atoms with Crippen molar-refractivity contribution < 1.29 is 19.0 Å². The van der Waals surface area contributed by atoms with Crippen molar-refractivity contribution in [1.82, 2.24) is 0 Å². The number of unbranched alkanes of at least 4 members (excludes halogenated alkanes) is 29. The zero-order valence-corrected chi connectivity index (χ0v) is 41.2. The summed E-state index contributed by atoms with van der Waals surface area (Å²) in [6, 6.07) is 0. The minimum absolute atomic E-state index is 0.0969. The van der Waals surface area contributed by atoms with Crippen LogP contribution >= 0.6 is 0 Å². The van der Waals surface area contributed by atoms with E-state index in [1.807, 2.05) is 0 Å². The van der Waals surface area contributed by atoms with E-state index in [0.29, 0.717) is 26.2 Å². The Balaban J connectivity index is 4.19. The molecule has 0 aliphatic heterocycles. The van der Waals surface area contributed by atoms with Crippen molar-refractivity contribution in [3.63, 3.8) is 0 Å². The molecule has 1 atom stereocenters. The van der Waals surface area contributed by atoms with E-state index in [1.165, 1.54) is 186 Å². The fourth-order valence-electron chi connectivity index (χ4n) is 7.56. The molecule has 61 heavy (non-hydrogen) atoms. The fraction of sp³-hybridized carbons (Fsp3) is 0.807. The van der Waals surface area contributed by atoms with Gasteiger partial charge in [-0.3, -0.25) is 4.79 Å². The largest absolute Gasteiger partial charge is 0.463 e. The van der Waals surface area contributed by atoms with Gasteiger partial charge in [0.05, 0.1) is 6.61 Å². The van der Waals surface area contributed by atoms with E-state index in [0.717, 1.165) is 58.0 Å². The van der Waals surface area contributed by atoms with Crippen LogP contribution in [-0.2, 0) is 19.0 Å². The average molecular weight is 853 g/mol. The van der Waals surface area contributed by atoms with E-state index in [4.69, 9.17) is 14.2 Å². The van der Waals surface area contributed by atoms with E-state index in [-0.39, 0.29) is 12.1 Å². The molecule has 0 heterocycles. The van der Waals surface area contributed by atoms with Gasteiger partial charge in [-0.05, 0) is 103 Å². The molecule has 0 radical (unpaired) electrons. The molecule has 0 aromatic carbocycles. The number of ether oxygens (including phenoxy) is 3. The van der Waals surface area contributed by atoms with E-state index >= 15 is 0 Å². The second-order valence-electron chi connectivity index (χ2n) is 17.7. The van der Waals surface area contributed by atoms with Gasteiger partial charge in [-0.1, -0.05) is 216 Å². The maximum atomic E-state index is 12.6. The maximum absolute atomic E-state index is 12.6. The average Bonchev–Trinajstić information content (AvgIpc) is 3.27. The third kappa shape index (κ3) is 52.3. The van der Waals surface area contributed by atoms with Crippen LogP contribution in [0.2, 0.25) is 0 Å². The zero-order chi connectivity index (χ0) is 44.0. The number of allylic oxidation sites excluding steroid dienone is 10. The highest BCUT2D eigenvalue weighted by Gasteiger charge is 2.13. The molecule has 0 aliphatic carbocycles. The number of carbonyl (C=O) groups is 1. The summed E-state index contributed by atoms with van der Waals surface area (Å²) in [5, 5.41) is 0. The molecule has 0 saturated heterocycles. The summed E-state index contributed by atoms with van der Waals surface area (Å²) in [7, 11) is 0. The van der Waals surface area contributed by atoms with E-state index in [9.17, 15) is 4.79 Å². The SMILES string of the molecule is CCC=CCC=CCC=CCCCCCCCC(=O)OCC(COCCCCCCCCC=CCCCCCCCC)OCCCCCCCCC=CCCCCCCCC. The third-order valence-electron chi connectivity index (χ3n) is 11.6. The Morgan fingerprint density at radius 2 is 0.738 bits per heavy atom. The first-order chi connectivity index (χ1) is 30.2. The molecular weight excluding hydrogens is 749 g/mol. The van der Waals surface area contributed by atoms with Crippen LogP contribution in [0.5, 0.6) is 0 Å². The molecule has 0 aromatic rings. The van der Waals surface area contributed by atoms with E-state index in [2.05, 4.69) is 81.5 Å².